The first kappa shape index (κ1) is 17.2. The van der Waals surface area contributed by atoms with Crippen LogP contribution in [0.1, 0.15) is 12.0 Å². The number of nitrogen functional groups attached to an aromatic ring is 1. The Balaban J connectivity index is 2.77. The number of anilines is 1. The molecule has 0 amide bonds. The van der Waals surface area contributed by atoms with Gasteiger partial charge in [0.25, 0.3) is 0 Å². The van der Waals surface area contributed by atoms with Gasteiger partial charge in [-0.2, -0.15) is 0 Å². The lowest BCUT2D eigenvalue weighted by Crippen LogP contribution is -2.29. The summed E-state index contributed by atoms with van der Waals surface area (Å²) in [6, 6.07) is 2.83. The smallest absolute Gasteiger partial charge is 0.242 e. The number of halogens is 1. The quantitative estimate of drug-likeness (QED) is 0.648. The molecule has 20 heavy (non-hydrogen) atoms. The summed E-state index contributed by atoms with van der Waals surface area (Å²) >= 11 is 5.93. The average Bonchev–Trinajstić information content (AvgIpc) is 2.33. The third kappa shape index (κ3) is 4.60. The molecule has 8 heteroatoms. The van der Waals surface area contributed by atoms with Crippen LogP contribution in [0, 0.1) is 6.92 Å². The van der Waals surface area contributed by atoms with Crippen LogP contribution in [0.25, 0.3) is 0 Å². The van der Waals surface area contributed by atoms with E-state index in [2.05, 4.69) is 4.72 Å². The maximum atomic E-state index is 12.1. The fraction of sp³-hybridized carbons (Fsp3) is 0.500. The van der Waals surface area contributed by atoms with Gasteiger partial charge in [0.05, 0.1) is 17.7 Å². The highest BCUT2D eigenvalue weighted by Crippen LogP contribution is 2.26. The van der Waals surface area contributed by atoms with Crippen molar-refractivity contribution in [1.82, 2.24) is 4.72 Å². The van der Waals surface area contributed by atoms with Crippen LogP contribution in [0.4, 0.5) is 5.69 Å². The number of hydrogen-bond donors (Lipinski definition) is 3. The minimum Gasteiger partial charge on any atom is -0.398 e. The zero-order chi connectivity index (χ0) is 15.3. The van der Waals surface area contributed by atoms with Gasteiger partial charge in [0.1, 0.15) is 4.90 Å². The summed E-state index contributed by atoms with van der Waals surface area (Å²) in [4.78, 5) is -0.0662. The number of aliphatic hydroxyl groups is 1. The molecule has 0 aliphatic carbocycles. The molecule has 1 aromatic rings. The summed E-state index contributed by atoms with van der Waals surface area (Å²) in [7, 11) is -2.29. The summed E-state index contributed by atoms with van der Waals surface area (Å²) in [5.41, 5.74) is 6.76. The van der Waals surface area contributed by atoms with Crippen molar-refractivity contribution in [1.29, 1.82) is 0 Å². The molecule has 0 spiro atoms. The summed E-state index contributed by atoms with van der Waals surface area (Å²) in [6.45, 7) is 1.98. The second kappa shape index (κ2) is 7.24. The topological polar surface area (TPSA) is 102 Å². The largest absolute Gasteiger partial charge is 0.398 e. The molecule has 0 fully saturated rings. The summed E-state index contributed by atoms with van der Waals surface area (Å²) in [5, 5.41) is 9.56. The highest BCUT2D eigenvalue weighted by atomic mass is 35.5. The van der Waals surface area contributed by atoms with Crippen molar-refractivity contribution in [3.05, 3.63) is 22.7 Å². The second-order valence-electron chi connectivity index (χ2n) is 4.43. The first-order valence-corrected chi connectivity index (χ1v) is 7.86. The Bertz CT molecular complexity index is 563. The molecule has 114 valence electrons. The monoisotopic (exact) mass is 322 g/mol. The number of nitrogens with two attached hydrogens (primary N) is 1. The number of sulfonamides is 1. The SMILES string of the molecule is COCC(O)CCNS(=O)(=O)c1cc(N)c(C)cc1Cl. The van der Waals surface area contributed by atoms with Crippen LogP contribution in [0.3, 0.4) is 0 Å². The number of rotatable bonds is 7. The van der Waals surface area contributed by atoms with E-state index in [4.69, 9.17) is 22.1 Å². The Hall–Kier alpha value is -0.860. The van der Waals surface area contributed by atoms with Gasteiger partial charge in [0.15, 0.2) is 0 Å². The van der Waals surface area contributed by atoms with Gasteiger partial charge in [-0.3, -0.25) is 0 Å². The van der Waals surface area contributed by atoms with E-state index in [0.717, 1.165) is 0 Å². The van der Waals surface area contributed by atoms with Crippen molar-refractivity contribution in [2.45, 2.75) is 24.3 Å². The molecular weight excluding hydrogens is 304 g/mol. The molecule has 0 aliphatic heterocycles. The van der Waals surface area contributed by atoms with E-state index in [1.807, 2.05) is 0 Å². The van der Waals surface area contributed by atoms with Crippen LogP contribution in [0.2, 0.25) is 5.02 Å². The highest BCUT2D eigenvalue weighted by Gasteiger charge is 2.19. The Morgan fingerprint density at radius 3 is 2.75 bits per heavy atom. The number of hydrogen-bond acceptors (Lipinski definition) is 5. The Kier molecular flexibility index (Phi) is 6.22. The molecule has 1 atom stereocenters. The van der Waals surface area contributed by atoms with Crippen molar-refractivity contribution in [3.63, 3.8) is 0 Å². The summed E-state index contributed by atoms with van der Waals surface area (Å²) in [5.74, 6) is 0. The molecule has 1 aromatic carbocycles. The third-order valence-electron chi connectivity index (χ3n) is 2.74. The standard InChI is InChI=1S/C12H19ClN2O4S/c1-8-5-10(13)12(6-11(8)14)20(17,18)15-4-3-9(16)7-19-2/h5-6,9,15-16H,3-4,7,14H2,1-2H3. The number of ether oxygens (including phenoxy) is 1. The molecule has 0 radical (unpaired) electrons. The number of benzene rings is 1. The summed E-state index contributed by atoms with van der Waals surface area (Å²) in [6.07, 6.45) is -0.479. The number of nitrogens with one attached hydrogen (secondary N) is 1. The van der Waals surface area contributed by atoms with Crippen LogP contribution in [0.5, 0.6) is 0 Å². The van der Waals surface area contributed by atoms with Gasteiger partial charge in [0, 0.05) is 19.3 Å². The van der Waals surface area contributed by atoms with Crippen LogP contribution in [-0.2, 0) is 14.8 Å². The van der Waals surface area contributed by atoms with Crippen molar-refractivity contribution in [2.75, 3.05) is 26.0 Å². The minimum absolute atomic E-state index is 0.0662. The van der Waals surface area contributed by atoms with Crippen LogP contribution in [-0.4, -0.2) is 39.9 Å². The average molecular weight is 323 g/mol. The second-order valence-corrected chi connectivity index (χ2v) is 6.58. The fourth-order valence-electron chi connectivity index (χ4n) is 1.59. The molecule has 0 aromatic heterocycles. The van der Waals surface area contributed by atoms with Crippen LogP contribution < -0.4 is 10.5 Å². The first-order chi connectivity index (χ1) is 9.27. The number of methoxy groups -OCH3 is 1. The maximum absolute atomic E-state index is 12.1. The molecule has 0 heterocycles. The molecule has 0 aliphatic rings. The van der Waals surface area contributed by atoms with E-state index in [1.54, 1.807) is 6.92 Å². The van der Waals surface area contributed by atoms with Gasteiger partial charge in [-0.1, -0.05) is 11.6 Å². The first-order valence-electron chi connectivity index (χ1n) is 6.00. The van der Waals surface area contributed by atoms with Gasteiger partial charge >= 0.3 is 0 Å². The Labute approximate surface area is 123 Å². The zero-order valence-corrected chi connectivity index (χ0v) is 13.0. The highest BCUT2D eigenvalue weighted by molar-refractivity contribution is 7.89. The molecule has 1 rings (SSSR count). The molecule has 1 unspecified atom stereocenters. The maximum Gasteiger partial charge on any atom is 0.242 e. The fourth-order valence-corrected chi connectivity index (χ4v) is 3.25. The Morgan fingerprint density at radius 2 is 2.15 bits per heavy atom. The van der Waals surface area contributed by atoms with E-state index in [1.165, 1.54) is 19.2 Å². The molecule has 6 nitrogen and oxygen atoms in total. The lowest BCUT2D eigenvalue weighted by Gasteiger charge is -2.12. The van der Waals surface area contributed by atoms with Gasteiger partial charge in [-0.05, 0) is 31.0 Å². The predicted molar refractivity (Wildman–Crippen MR) is 78.3 cm³/mol. The predicted octanol–water partition coefficient (Wildman–Crippen LogP) is 0.906. The lowest BCUT2D eigenvalue weighted by atomic mass is 10.2. The van der Waals surface area contributed by atoms with Crippen LogP contribution >= 0.6 is 11.6 Å². The number of aliphatic hydroxyl groups excluding tert-OH is 1. The lowest BCUT2D eigenvalue weighted by molar-refractivity contribution is 0.0603. The number of aryl methyl sites for hydroxylation is 1. The molecule has 4 N–H and O–H groups in total. The van der Waals surface area contributed by atoms with Crippen molar-refractivity contribution >= 4 is 27.3 Å². The molecule has 0 saturated carbocycles. The van der Waals surface area contributed by atoms with Crippen molar-refractivity contribution in [2.24, 2.45) is 0 Å². The van der Waals surface area contributed by atoms with E-state index in [9.17, 15) is 13.5 Å². The van der Waals surface area contributed by atoms with Gasteiger partial charge in [-0.25, -0.2) is 13.1 Å². The van der Waals surface area contributed by atoms with Crippen molar-refractivity contribution < 1.29 is 18.3 Å². The van der Waals surface area contributed by atoms with Crippen molar-refractivity contribution in [3.8, 4) is 0 Å². The Morgan fingerprint density at radius 1 is 1.50 bits per heavy atom. The molecule has 0 saturated heterocycles. The zero-order valence-electron chi connectivity index (χ0n) is 11.4. The van der Waals surface area contributed by atoms with E-state index < -0.39 is 16.1 Å². The van der Waals surface area contributed by atoms with Gasteiger partial charge < -0.3 is 15.6 Å². The normalized spacial score (nSPS) is 13.4. The minimum atomic E-state index is -3.75. The molecular formula is C12H19ClN2O4S. The van der Waals surface area contributed by atoms with E-state index >= 15 is 0 Å². The van der Waals surface area contributed by atoms with E-state index in [-0.39, 0.29) is 29.5 Å². The van der Waals surface area contributed by atoms with E-state index in [0.29, 0.717) is 11.3 Å². The summed E-state index contributed by atoms with van der Waals surface area (Å²) < 4.78 is 31.3. The van der Waals surface area contributed by atoms with Crippen LogP contribution in [0.15, 0.2) is 17.0 Å². The van der Waals surface area contributed by atoms with Gasteiger partial charge in [0.2, 0.25) is 10.0 Å². The van der Waals surface area contributed by atoms with Gasteiger partial charge in [-0.15, -0.1) is 0 Å². The molecule has 0 bridgehead atoms. The third-order valence-corrected chi connectivity index (χ3v) is 4.66.